The molecule has 30 heavy (non-hydrogen) atoms. The third kappa shape index (κ3) is 7.65. The number of halogens is 2. The molecule has 162 valence electrons. The van der Waals surface area contributed by atoms with Gasteiger partial charge in [-0.15, -0.1) is 11.8 Å². The number of rotatable bonds is 8. The monoisotopic (exact) mass is 450 g/mol. The summed E-state index contributed by atoms with van der Waals surface area (Å²) >= 11 is 7.43. The van der Waals surface area contributed by atoms with Crippen LogP contribution in [0.15, 0.2) is 53.4 Å². The van der Waals surface area contributed by atoms with Crippen LogP contribution in [0.3, 0.4) is 0 Å². The van der Waals surface area contributed by atoms with Gasteiger partial charge in [0.25, 0.3) is 0 Å². The van der Waals surface area contributed by atoms with Crippen molar-refractivity contribution in [3.8, 4) is 0 Å². The van der Waals surface area contributed by atoms with E-state index in [-0.39, 0.29) is 24.8 Å². The Morgan fingerprint density at radius 3 is 2.37 bits per heavy atom. The van der Waals surface area contributed by atoms with E-state index in [1.165, 1.54) is 22.7 Å². The maximum atomic E-state index is 14.2. The molecular weight excluding hydrogens is 423 g/mol. The van der Waals surface area contributed by atoms with Crippen LogP contribution in [0.4, 0.5) is 4.39 Å². The van der Waals surface area contributed by atoms with Crippen molar-refractivity contribution in [1.82, 2.24) is 10.2 Å². The Hall–Kier alpha value is -2.05. The molecule has 1 atom stereocenters. The number of amides is 2. The molecule has 2 rings (SSSR count). The average Bonchev–Trinajstić information content (AvgIpc) is 2.67. The number of carbonyl (C=O) groups is 2. The summed E-state index contributed by atoms with van der Waals surface area (Å²) in [5.74, 6) is -0.315. The van der Waals surface area contributed by atoms with Crippen LogP contribution >= 0.6 is 23.4 Å². The normalized spacial score (nSPS) is 12.3. The number of nitrogens with one attached hydrogen (secondary N) is 1. The van der Waals surface area contributed by atoms with Gasteiger partial charge in [-0.05, 0) is 58.0 Å². The van der Waals surface area contributed by atoms with Gasteiger partial charge in [0.1, 0.15) is 11.9 Å². The largest absolute Gasteiger partial charge is 0.350 e. The van der Waals surface area contributed by atoms with E-state index in [1.54, 1.807) is 37.3 Å². The van der Waals surface area contributed by atoms with Gasteiger partial charge in [-0.2, -0.15) is 0 Å². The third-order valence-corrected chi connectivity index (χ3v) is 5.63. The number of carbonyl (C=O) groups excluding carboxylic acids is 2. The predicted molar refractivity (Wildman–Crippen MR) is 121 cm³/mol. The number of thioether (sulfide) groups is 1. The SMILES string of the molecule is C[C@@H](C(=O)NC(C)(C)C)N(Cc1ccccc1F)C(=O)CCSc1ccc(Cl)cc1. The van der Waals surface area contributed by atoms with Gasteiger partial charge in [0, 0.05) is 39.7 Å². The molecule has 2 aromatic rings. The van der Waals surface area contributed by atoms with Gasteiger partial charge < -0.3 is 10.2 Å². The number of benzene rings is 2. The Balaban J connectivity index is 2.10. The van der Waals surface area contributed by atoms with Gasteiger partial charge in [0.05, 0.1) is 0 Å². The van der Waals surface area contributed by atoms with E-state index in [0.29, 0.717) is 16.3 Å². The van der Waals surface area contributed by atoms with Crippen LogP contribution in [0, 0.1) is 5.82 Å². The van der Waals surface area contributed by atoms with Crippen molar-refractivity contribution in [3.63, 3.8) is 0 Å². The first-order valence-electron chi connectivity index (χ1n) is 9.80. The molecule has 0 radical (unpaired) electrons. The third-order valence-electron chi connectivity index (χ3n) is 4.36. The molecule has 0 fully saturated rings. The summed E-state index contributed by atoms with van der Waals surface area (Å²) in [7, 11) is 0. The van der Waals surface area contributed by atoms with Crippen molar-refractivity contribution < 1.29 is 14.0 Å². The van der Waals surface area contributed by atoms with E-state index in [2.05, 4.69) is 5.32 Å². The van der Waals surface area contributed by atoms with E-state index < -0.39 is 17.4 Å². The molecule has 0 spiro atoms. The van der Waals surface area contributed by atoms with Gasteiger partial charge in [-0.1, -0.05) is 29.8 Å². The number of hydrogen-bond acceptors (Lipinski definition) is 3. The Morgan fingerprint density at radius 2 is 1.77 bits per heavy atom. The van der Waals surface area contributed by atoms with Crippen LogP contribution in [0.25, 0.3) is 0 Å². The van der Waals surface area contributed by atoms with Crippen LogP contribution < -0.4 is 5.32 Å². The maximum Gasteiger partial charge on any atom is 0.242 e. The smallest absolute Gasteiger partial charge is 0.242 e. The fourth-order valence-corrected chi connectivity index (χ4v) is 3.76. The van der Waals surface area contributed by atoms with Crippen LogP contribution in [0.1, 0.15) is 39.7 Å². The van der Waals surface area contributed by atoms with Crippen molar-refractivity contribution in [3.05, 3.63) is 64.9 Å². The summed E-state index contributed by atoms with van der Waals surface area (Å²) in [5.41, 5.74) is -0.0470. The number of hydrogen-bond donors (Lipinski definition) is 1. The summed E-state index contributed by atoms with van der Waals surface area (Å²) in [6.07, 6.45) is 0.231. The highest BCUT2D eigenvalue weighted by molar-refractivity contribution is 7.99. The van der Waals surface area contributed by atoms with Crippen LogP contribution in [0.5, 0.6) is 0 Å². The zero-order chi connectivity index (χ0) is 22.3. The van der Waals surface area contributed by atoms with Crippen molar-refractivity contribution in [2.24, 2.45) is 0 Å². The molecule has 0 saturated carbocycles. The molecular formula is C23H28ClFN2O2S. The lowest BCUT2D eigenvalue weighted by molar-refractivity contribution is -0.141. The summed E-state index contributed by atoms with van der Waals surface area (Å²) in [6.45, 7) is 7.35. The highest BCUT2D eigenvalue weighted by Crippen LogP contribution is 2.22. The maximum absolute atomic E-state index is 14.2. The molecule has 0 aliphatic heterocycles. The van der Waals surface area contributed by atoms with Crippen molar-refractivity contribution in [1.29, 1.82) is 0 Å². The molecule has 0 heterocycles. The zero-order valence-corrected chi connectivity index (χ0v) is 19.3. The first kappa shape index (κ1) is 24.2. The summed E-state index contributed by atoms with van der Waals surface area (Å²) in [4.78, 5) is 28.1. The lowest BCUT2D eigenvalue weighted by Crippen LogP contribution is -2.52. The second-order valence-electron chi connectivity index (χ2n) is 8.08. The van der Waals surface area contributed by atoms with Crippen molar-refractivity contribution >= 4 is 35.2 Å². The van der Waals surface area contributed by atoms with Gasteiger partial charge >= 0.3 is 0 Å². The fourth-order valence-electron chi connectivity index (χ4n) is 2.80. The van der Waals surface area contributed by atoms with Crippen LogP contribution in [-0.4, -0.2) is 34.0 Å². The second-order valence-corrected chi connectivity index (χ2v) is 9.69. The minimum Gasteiger partial charge on any atom is -0.350 e. The van der Waals surface area contributed by atoms with E-state index >= 15 is 0 Å². The van der Waals surface area contributed by atoms with Crippen molar-refractivity contribution in [2.45, 2.75) is 57.1 Å². The van der Waals surface area contributed by atoms with E-state index in [1.807, 2.05) is 32.9 Å². The van der Waals surface area contributed by atoms with Crippen molar-refractivity contribution in [2.75, 3.05) is 5.75 Å². The first-order chi connectivity index (χ1) is 14.1. The van der Waals surface area contributed by atoms with E-state index in [4.69, 9.17) is 11.6 Å². The summed E-state index contributed by atoms with van der Waals surface area (Å²) in [5, 5.41) is 3.56. The second kappa shape index (κ2) is 10.8. The number of nitrogens with zero attached hydrogens (tertiary/aromatic N) is 1. The standard InChI is InChI=1S/C23H28ClFN2O2S/c1-16(22(29)26-23(2,3)4)27(15-17-7-5-6-8-20(17)25)21(28)13-14-30-19-11-9-18(24)10-12-19/h5-12,16H,13-15H2,1-4H3,(H,26,29)/t16-/m0/s1. The molecule has 0 bridgehead atoms. The Morgan fingerprint density at radius 1 is 1.13 bits per heavy atom. The van der Waals surface area contributed by atoms with Crippen LogP contribution in [-0.2, 0) is 16.1 Å². The molecule has 0 saturated heterocycles. The molecule has 2 amide bonds. The van der Waals surface area contributed by atoms with Gasteiger partial charge in [-0.3, -0.25) is 9.59 Å². The predicted octanol–water partition coefficient (Wildman–Crippen LogP) is 5.29. The molecule has 0 unspecified atom stereocenters. The Bertz CT molecular complexity index is 868. The quantitative estimate of drug-likeness (QED) is 0.555. The molecule has 0 aliphatic rings. The summed E-state index contributed by atoms with van der Waals surface area (Å²) in [6, 6.07) is 13.0. The van der Waals surface area contributed by atoms with Gasteiger partial charge in [-0.25, -0.2) is 4.39 Å². The van der Waals surface area contributed by atoms with Gasteiger partial charge in [0.2, 0.25) is 11.8 Å². The summed E-state index contributed by atoms with van der Waals surface area (Å²) < 4.78 is 14.2. The molecule has 7 heteroatoms. The Labute approximate surface area is 187 Å². The molecule has 4 nitrogen and oxygen atoms in total. The minimum atomic E-state index is -0.725. The lowest BCUT2D eigenvalue weighted by Gasteiger charge is -2.31. The molecule has 1 N–H and O–H groups in total. The molecule has 0 aromatic heterocycles. The first-order valence-corrected chi connectivity index (χ1v) is 11.2. The minimum absolute atomic E-state index is 0.0375. The Kier molecular flexibility index (Phi) is 8.74. The van der Waals surface area contributed by atoms with E-state index in [0.717, 1.165) is 4.90 Å². The molecule has 2 aromatic carbocycles. The fraction of sp³-hybridized carbons (Fsp3) is 0.391. The zero-order valence-electron chi connectivity index (χ0n) is 17.7. The van der Waals surface area contributed by atoms with Gasteiger partial charge in [0.15, 0.2) is 0 Å². The van der Waals surface area contributed by atoms with E-state index in [9.17, 15) is 14.0 Å². The highest BCUT2D eigenvalue weighted by atomic mass is 35.5. The lowest BCUT2D eigenvalue weighted by atomic mass is 10.1. The topological polar surface area (TPSA) is 49.4 Å². The molecule has 0 aliphatic carbocycles. The highest BCUT2D eigenvalue weighted by Gasteiger charge is 2.28. The van der Waals surface area contributed by atoms with Crippen LogP contribution in [0.2, 0.25) is 5.02 Å². The average molecular weight is 451 g/mol.